The van der Waals surface area contributed by atoms with Gasteiger partial charge in [0.1, 0.15) is 0 Å². The molecule has 0 bridgehead atoms. The number of nitrogens with zero attached hydrogens (tertiary/aromatic N) is 2. The van der Waals surface area contributed by atoms with Crippen LogP contribution in [0.4, 0.5) is 5.69 Å². The molecular weight excluding hydrogens is 516 g/mol. The van der Waals surface area contributed by atoms with Crippen LogP contribution in [0.15, 0.2) is 71.6 Å². The molecule has 0 spiro atoms. The molecule has 1 aliphatic rings. The summed E-state index contributed by atoms with van der Waals surface area (Å²) in [5.74, 6) is 2.02. The lowest BCUT2D eigenvalue weighted by molar-refractivity contribution is -0.118. The number of rotatable bonds is 8. The van der Waals surface area contributed by atoms with Gasteiger partial charge in [-0.15, -0.1) is 0 Å². The molecule has 4 rings (SSSR count). The Bertz CT molecular complexity index is 1360. The first kappa shape index (κ1) is 30.1. The highest BCUT2D eigenvalue weighted by molar-refractivity contribution is 7.85. The molecule has 3 aromatic rings. The van der Waals surface area contributed by atoms with Crippen LogP contribution < -0.4 is 14.4 Å². The van der Waals surface area contributed by atoms with Crippen molar-refractivity contribution in [1.82, 2.24) is 4.90 Å². The lowest BCUT2D eigenvalue weighted by Crippen LogP contribution is -2.43. The van der Waals surface area contributed by atoms with E-state index in [0.29, 0.717) is 30.3 Å². The van der Waals surface area contributed by atoms with E-state index in [4.69, 9.17) is 14.0 Å². The van der Waals surface area contributed by atoms with E-state index < -0.39 is 10.1 Å². The average molecular weight is 555 g/mol. The van der Waals surface area contributed by atoms with Crippen LogP contribution in [-0.2, 0) is 27.8 Å². The van der Waals surface area contributed by atoms with Crippen LogP contribution in [0.3, 0.4) is 0 Å². The highest BCUT2D eigenvalue weighted by atomic mass is 32.2. The van der Waals surface area contributed by atoms with Crippen molar-refractivity contribution in [3.8, 4) is 11.5 Å². The Morgan fingerprint density at radius 2 is 1.67 bits per heavy atom. The number of para-hydroxylation sites is 1. The first-order valence-electron chi connectivity index (χ1n) is 12.8. The minimum absolute atomic E-state index is 0.0666. The summed E-state index contributed by atoms with van der Waals surface area (Å²) in [6.45, 7) is 3.60. The maximum Gasteiger partial charge on any atom is 0.294 e. The predicted molar refractivity (Wildman–Crippen MR) is 153 cm³/mol. The molecule has 1 atom stereocenters. The quantitative estimate of drug-likeness (QED) is 0.405. The SMILES string of the molecule is COc1ccc(CCC(=O)N2CC(CN(C)C)Cc3ccccc32)cc1OC.Cc1ccc(S(=O)(=O)O)cc1. The second-order valence-electron chi connectivity index (χ2n) is 9.94. The summed E-state index contributed by atoms with van der Waals surface area (Å²) in [4.78, 5) is 17.2. The summed E-state index contributed by atoms with van der Waals surface area (Å²) in [5, 5.41) is 0. The molecule has 1 unspecified atom stereocenters. The molecule has 0 aliphatic carbocycles. The van der Waals surface area contributed by atoms with E-state index in [1.54, 1.807) is 26.4 Å². The first-order chi connectivity index (χ1) is 18.5. The molecule has 39 heavy (non-hydrogen) atoms. The van der Waals surface area contributed by atoms with Gasteiger partial charge in [0.15, 0.2) is 11.5 Å². The van der Waals surface area contributed by atoms with Crippen molar-refractivity contribution in [2.75, 3.05) is 46.3 Å². The fourth-order valence-electron chi connectivity index (χ4n) is 4.69. The molecule has 210 valence electrons. The Morgan fingerprint density at radius 3 is 2.28 bits per heavy atom. The number of amides is 1. The standard InChI is InChI=1S/C23H30N2O3.C7H8O3S/c1-24(2)15-18-13-19-7-5-6-8-20(19)25(16-18)23(26)12-10-17-9-11-21(27-3)22(14-17)28-4;1-6-2-4-7(5-3-6)11(8,9)10/h5-9,11,14,18H,10,12-13,15-16H2,1-4H3;2-5H,1H3,(H,8,9,10). The molecule has 3 aromatic carbocycles. The average Bonchev–Trinajstić information content (AvgIpc) is 2.90. The third kappa shape index (κ3) is 8.54. The zero-order chi connectivity index (χ0) is 28.6. The fraction of sp³-hybridized carbons (Fsp3) is 0.367. The van der Waals surface area contributed by atoms with E-state index in [-0.39, 0.29) is 10.8 Å². The van der Waals surface area contributed by atoms with E-state index >= 15 is 0 Å². The number of anilines is 1. The monoisotopic (exact) mass is 554 g/mol. The molecule has 0 saturated heterocycles. The van der Waals surface area contributed by atoms with Crippen molar-refractivity contribution in [1.29, 1.82) is 0 Å². The Morgan fingerprint density at radius 1 is 1.00 bits per heavy atom. The lowest BCUT2D eigenvalue weighted by Gasteiger charge is -2.36. The minimum Gasteiger partial charge on any atom is -0.493 e. The molecule has 0 fully saturated rings. The van der Waals surface area contributed by atoms with Gasteiger partial charge in [-0.25, -0.2) is 0 Å². The Hall–Kier alpha value is -3.40. The molecule has 0 aromatic heterocycles. The van der Waals surface area contributed by atoms with Gasteiger partial charge in [0.25, 0.3) is 10.1 Å². The van der Waals surface area contributed by atoms with Gasteiger partial charge in [0.05, 0.1) is 19.1 Å². The van der Waals surface area contributed by atoms with E-state index in [1.165, 1.54) is 17.7 Å². The molecule has 1 amide bonds. The van der Waals surface area contributed by atoms with E-state index in [2.05, 4.69) is 37.2 Å². The molecule has 1 heterocycles. The zero-order valence-corrected chi connectivity index (χ0v) is 24.1. The van der Waals surface area contributed by atoms with Gasteiger partial charge in [-0.05, 0) is 81.2 Å². The van der Waals surface area contributed by atoms with Crippen molar-refractivity contribution in [3.05, 3.63) is 83.4 Å². The van der Waals surface area contributed by atoms with Crippen molar-refractivity contribution in [3.63, 3.8) is 0 Å². The van der Waals surface area contributed by atoms with Gasteiger partial charge in [0, 0.05) is 25.2 Å². The number of fused-ring (bicyclic) bond motifs is 1. The van der Waals surface area contributed by atoms with Gasteiger partial charge < -0.3 is 19.3 Å². The number of hydrogen-bond donors (Lipinski definition) is 1. The summed E-state index contributed by atoms with van der Waals surface area (Å²) in [7, 11) is 3.41. The fourth-order valence-corrected chi connectivity index (χ4v) is 5.17. The number of hydrogen-bond acceptors (Lipinski definition) is 6. The van der Waals surface area contributed by atoms with Crippen molar-refractivity contribution < 1.29 is 27.2 Å². The molecule has 8 nitrogen and oxygen atoms in total. The van der Waals surface area contributed by atoms with Crippen molar-refractivity contribution in [2.24, 2.45) is 5.92 Å². The van der Waals surface area contributed by atoms with Crippen molar-refractivity contribution in [2.45, 2.75) is 31.1 Å². The Kier molecular flexibility index (Phi) is 10.5. The topological polar surface area (TPSA) is 96.4 Å². The molecule has 1 aliphatic heterocycles. The predicted octanol–water partition coefficient (Wildman–Crippen LogP) is 4.65. The van der Waals surface area contributed by atoms with Crippen LogP contribution in [0.1, 0.15) is 23.1 Å². The molecule has 9 heteroatoms. The number of methoxy groups -OCH3 is 2. The highest BCUT2D eigenvalue weighted by Crippen LogP contribution is 2.31. The highest BCUT2D eigenvalue weighted by Gasteiger charge is 2.28. The smallest absolute Gasteiger partial charge is 0.294 e. The molecule has 0 saturated carbocycles. The van der Waals surface area contributed by atoms with Crippen molar-refractivity contribution >= 4 is 21.7 Å². The summed E-state index contributed by atoms with van der Waals surface area (Å²) in [6, 6.07) is 20.1. The second kappa shape index (κ2) is 13.6. The van der Waals surface area contributed by atoms with E-state index in [9.17, 15) is 13.2 Å². The van der Waals surface area contributed by atoms with Gasteiger partial charge in [-0.1, -0.05) is 42.0 Å². The third-order valence-electron chi connectivity index (χ3n) is 6.55. The lowest BCUT2D eigenvalue weighted by atomic mass is 9.91. The number of carbonyl (C=O) groups is 1. The zero-order valence-electron chi connectivity index (χ0n) is 23.3. The third-order valence-corrected chi connectivity index (χ3v) is 7.42. The molecule has 1 N–H and O–H groups in total. The van der Waals surface area contributed by atoms with Crippen LogP contribution in [0.5, 0.6) is 11.5 Å². The van der Waals surface area contributed by atoms with E-state index in [1.807, 2.05) is 36.1 Å². The van der Waals surface area contributed by atoms with Crippen LogP contribution in [0.25, 0.3) is 0 Å². The van der Waals surface area contributed by atoms with Crippen LogP contribution >= 0.6 is 0 Å². The van der Waals surface area contributed by atoms with Gasteiger partial charge >= 0.3 is 0 Å². The minimum atomic E-state index is -4.02. The van der Waals surface area contributed by atoms with Gasteiger partial charge in [-0.2, -0.15) is 8.42 Å². The van der Waals surface area contributed by atoms with E-state index in [0.717, 1.165) is 36.3 Å². The number of aryl methyl sites for hydroxylation is 2. The maximum absolute atomic E-state index is 13.1. The normalized spacial score (nSPS) is 14.7. The summed E-state index contributed by atoms with van der Waals surface area (Å²) in [6.07, 6.45) is 2.17. The largest absolute Gasteiger partial charge is 0.493 e. The second-order valence-corrected chi connectivity index (χ2v) is 11.4. The summed E-state index contributed by atoms with van der Waals surface area (Å²) in [5.41, 5.74) is 4.36. The molecule has 0 radical (unpaired) electrons. The van der Waals surface area contributed by atoms with Crippen LogP contribution in [-0.4, -0.2) is 65.2 Å². The number of ether oxygens (including phenoxy) is 2. The molecular formula is C30H38N2O6S. The number of carbonyl (C=O) groups excluding carboxylic acids is 1. The van der Waals surface area contributed by atoms with Gasteiger partial charge in [0.2, 0.25) is 5.91 Å². The van der Waals surface area contributed by atoms with Crippen LogP contribution in [0, 0.1) is 12.8 Å². The maximum atomic E-state index is 13.1. The Balaban J connectivity index is 0.000000320. The van der Waals surface area contributed by atoms with Crippen LogP contribution in [0.2, 0.25) is 0 Å². The summed E-state index contributed by atoms with van der Waals surface area (Å²) < 4.78 is 40.2. The first-order valence-corrected chi connectivity index (χ1v) is 14.2. The number of benzene rings is 3. The summed E-state index contributed by atoms with van der Waals surface area (Å²) >= 11 is 0. The Labute approximate surface area is 231 Å². The van der Waals surface area contributed by atoms with Gasteiger partial charge in [-0.3, -0.25) is 9.35 Å².